The lowest BCUT2D eigenvalue weighted by Gasteiger charge is -2.04. The van der Waals surface area contributed by atoms with Gasteiger partial charge in [-0.2, -0.15) is 0 Å². The van der Waals surface area contributed by atoms with Crippen molar-refractivity contribution in [2.45, 2.75) is 136 Å². The first-order valence-electron chi connectivity index (χ1n) is 13.6. The molecule has 0 aliphatic heterocycles. The molecule has 0 bridgehead atoms. The van der Waals surface area contributed by atoms with Crippen molar-refractivity contribution < 1.29 is 0 Å². The molecule has 1 nitrogen and oxygen atoms in total. The van der Waals surface area contributed by atoms with E-state index < -0.39 is 0 Å². The molecule has 31 heavy (non-hydrogen) atoms. The van der Waals surface area contributed by atoms with E-state index in [1.165, 1.54) is 121 Å². The lowest BCUT2D eigenvalue weighted by atomic mass is 10.0. The zero-order valence-corrected chi connectivity index (χ0v) is 21.0. The van der Waals surface area contributed by atoms with Crippen molar-refractivity contribution in [1.29, 1.82) is 0 Å². The Morgan fingerprint density at radius 3 is 1.58 bits per heavy atom. The molecular weight excluding hydrogens is 374 g/mol. The summed E-state index contributed by atoms with van der Waals surface area (Å²) in [4.78, 5) is 4.55. The van der Waals surface area contributed by atoms with Gasteiger partial charge in [0.25, 0.3) is 0 Å². The molecule has 0 fully saturated rings. The standard InChI is InChI=1S/C30H51N/c1-4-6-8-9-10-11-12-13-14-15-16-17-18-19-20-22-29-23-25-30(26-24-29)31-27-28(3)21-7-5-2/h23-27H,3-22H2,1-2H3. The van der Waals surface area contributed by atoms with Gasteiger partial charge in [-0.15, -0.1) is 0 Å². The third-order valence-electron chi connectivity index (χ3n) is 6.25. The van der Waals surface area contributed by atoms with Gasteiger partial charge < -0.3 is 0 Å². The number of benzene rings is 1. The molecule has 0 spiro atoms. The van der Waals surface area contributed by atoms with E-state index in [4.69, 9.17) is 0 Å². The first kappa shape index (κ1) is 27.7. The lowest BCUT2D eigenvalue weighted by Crippen LogP contribution is -1.87. The Morgan fingerprint density at radius 1 is 0.645 bits per heavy atom. The zero-order valence-electron chi connectivity index (χ0n) is 21.0. The molecule has 0 saturated heterocycles. The van der Waals surface area contributed by atoms with Crippen LogP contribution in [0.2, 0.25) is 0 Å². The number of nitrogens with zero attached hydrogens (tertiary/aromatic N) is 1. The number of unbranched alkanes of at least 4 members (excludes halogenated alkanes) is 15. The van der Waals surface area contributed by atoms with Crippen LogP contribution in [-0.4, -0.2) is 6.21 Å². The Kier molecular flexibility index (Phi) is 18.3. The van der Waals surface area contributed by atoms with Crippen LogP contribution in [0.3, 0.4) is 0 Å². The highest BCUT2D eigenvalue weighted by Gasteiger charge is 1.97. The van der Waals surface area contributed by atoms with Gasteiger partial charge in [0.05, 0.1) is 5.69 Å². The van der Waals surface area contributed by atoms with Crippen molar-refractivity contribution in [2.24, 2.45) is 4.99 Å². The summed E-state index contributed by atoms with van der Waals surface area (Å²) in [7, 11) is 0. The summed E-state index contributed by atoms with van der Waals surface area (Å²) in [5.74, 6) is 0. The van der Waals surface area contributed by atoms with Crippen molar-refractivity contribution in [1.82, 2.24) is 0 Å². The van der Waals surface area contributed by atoms with Crippen LogP contribution in [0.1, 0.15) is 135 Å². The van der Waals surface area contributed by atoms with Crippen LogP contribution in [-0.2, 0) is 6.42 Å². The van der Waals surface area contributed by atoms with Gasteiger partial charge in [-0.3, -0.25) is 4.99 Å². The zero-order chi connectivity index (χ0) is 22.4. The molecule has 1 aromatic carbocycles. The van der Waals surface area contributed by atoms with Gasteiger partial charge >= 0.3 is 0 Å². The van der Waals surface area contributed by atoms with Gasteiger partial charge in [0.2, 0.25) is 0 Å². The molecule has 0 aliphatic rings. The molecule has 0 atom stereocenters. The highest BCUT2D eigenvalue weighted by atomic mass is 14.7. The normalized spacial score (nSPS) is 11.4. The van der Waals surface area contributed by atoms with Gasteiger partial charge in [0.15, 0.2) is 0 Å². The maximum absolute atomic E-state index is 4.55. The minimum absolute atomic E-state index is 1.04. The molecular formula is C30H51N. The van der Waals surface area contributed by atoms with Crippen LogP contribution < -0.4 is 0 Å². The summed E-state index contributed by atoms with van der Waals surface area (Å²) >= 11 is 0. The SMILES string of the molecule is C=C(C=Nc1ccc(CCCCCCCCCCCCCCCCC)cc1)CCCC. The molecule has 1 rings (SSSR count). The van der Waals surface area contributed by atoms with Crippen LogP contribution >= 0.6 is 0 Å². The fourth-order valence-electron chi connectivity index (χ4n) is 4.08. The molecule has 0 unspecified atom stereocenters. The van der Waals surface area contributed by atoms with Gasteiger partial charge in [0, 0.05) is 6.21 Å². The summed E-state index contributed by atoms with van der Waals surface area (Å²) in [5.41, 5.74) is 3.61. The second-order valence-corrected chi connectivity index (χ2v) is 9.39. The van der Waals surface area contributed by atoms with Crippen molar-refractivity contribution in [3.05, 3.63) is 42.0 Å². The Bertz CT molecular complexity index is 554. The summed E-state index contributed by atoms with van der Waals surface area (Å²) in [5, 5.41) is 0. The molecule has 1 heteroatoms. The van der Waals surface area contributed by atoms with E-state index in [0.29, 0.717) is 0 Å². The molecule has 0 heterocycles. The molecule has 0 aliphatic carbocycles. The molecule has 0 saturated carbocycles. The summed E-state index contributed by atoms with van der Waals surface area (Å²) in [6.07, 6.45) is 28.0. The smallest absolute Gasteiger partial charge is 0.0629 e. The quantitative estimate of drug-likeness (QED) is 0.137. The maximum Gasteiger partial charge on any atom is 0.0629 e. The van der Waals surface area contributed by atoms with E-state index in [1.54, 1.807) is 0 Å². The van der Waals surface area contributed by atoms with Crippen LogP contribution in [0.4, 0.5) is 5.69 Å². The van der Waals surface area contributed by atoms with Gasteiger partial charge in [0.1, 0.15) is 0 Å². The second-order valence-electron chi connectivity index (χ2n) is 9.39. The third-order valence-corrected chi connectivity index (χ3v) is 6.25. The van der Waals surface area contributed by atoms with E-state index in [9.17, 15) is 0 Å². The average molecular weight is 426 g/mol. The van der Waals surface area contributed by atoms with Crippen molar-refractivity contribution >= 4 is 11.9 Å². The van der Waals surface area contributed by atoms with Crippen LogP contribution in [0.15, 0.2) is 41.4 Å². The van der Waals surface area contributed by atoms with E-state index in [-0.39, 0.29) is 0 Å². The third kappa shape index (κ3) is 16.9. The number of hydrogen-bond acceptors (Lipinski definition) is 1. The highest BCUT2D eigenvalue weighted by Crippen LogP contribution is 2.17. The topological polar surface area (TPSA) is 12.4 Å². The molecule has 0 N–H and O–H groups in total. The van der Waals surface area contributed by atoms with Crippen LogP contribution in [0.5, 0.6) is 0 Å². The molecule has 0 amide bonds. The van der Waals surface area contributed by atoms with Crippen LogP contribution in [0.25, 0.3) is 0 Å². The largest absolute Gasteiger partial charge is 0.257 e. The summed E-state index contributed by atoms with van der Waals surface area (Å²) in [6, 6.07) is 8.77. The number of rotatable bonds is 21. The molecule has 0 aromatic heterocycles. The monoisotopic (exact) mass is 425 g/mol. The fraction of sp³-hybridized carbons (Fsp3) is 0.700. The second kappa shape index (κ2) is 20.5. The molecule has 0 radical (unpaired) electrons. The van der Waals surface area contributed by atoms with E-state index in [2.05, 4.69) is 49.7 Å². The average Bonchev–Trinajstić information content (AvgIpc) is 2.79. The van der Waals surface area contributed by atoms with Gasteiger partial charge in [-0.1, -0.05) is 129 Å². The van der Waals surface area contributed by atoms with E-state index in [1.807, 2.05) is 6.21 Å². The predicted octanol–water partition coefficient (Wildman–Crippen LogP) is 10.5. The first-order valence-corrected chi connectivity index (χ1v) is 13.6. The minimum Gasteiger partial charge on any atom is -0.257 e. The number of allylic oxidation sites excluding steroid dienone is 1. The fourth-order valence-corrected chi connectivity index (χ4v) is 4.08. The Morgan fingerprint density at radius 2 is 1.10 bits per heavy atom. The molecule has 1 aromatic rings. The van der Waals surface area contributed by atoms with Crippen molar-refractivity contribution in [3.63, 3.8) is 0 Å². The van der Waals surface area contributed by atoms with Crippen molar-refractivity contribution in [3.8, 4) is 0 Å². The Labute approximate surface area is 194 Å². The minimum atomic E-state index is 1.04. The Hall–Kier alpha value is -1.37. The number of aliphatic imine (C=N–C) groups is 1. The van der Waals surface area contributed by atoms with E-state index >= 15 is 0 Å². The number of hydrogen-bond donors (Lipinski definition) is 0. The Balaban J connectivity index is 1.94. The van der Waals surface area contributed by atoms with E-state index in [0.717, 1.165) is 17.7 Å². The first-order chi connectivity index (χ1) is 15.3. The summed E-state index contributed by atoms with van der Waals surface area (Å²) in [6.45, 7) is 8.58. The maximum atomic E-state index is 4.55. The number of aryl methyl sites for hydroxylation is 1. The van der Waals surface area contributed by atoms with Crippen LogP contribution in [0, 0.1) is 0 Å². The van der Waals surface area contributed by atoms with Gasteiger partial charge in [-0.25, -0.2) is 0 Å². The van der Waals surface area contributed by atoms with Gasteiger partial charge in [-0.05, 0) is 49.0 Å². The summed E-state index contributed by atoms with van der Waals surface area (Å²) < 4.78 is 0. The highest BCUT2D eigenvalue weighted by molar-refractivity contribution is 5.80. The predicted molar refractivity (Wildman–Crippen MR) is 142 cm³/mol. The van der Waals surface area contributed by atoms with Crippen molar-refractivity contribution in [2.75, 3.05) is 0 Å². The molecule has 176 valence electrons. The lowest BCUT2D eigenvalue weighted by molar-refractivity contribution is 0.532.